The Hall–Kier alpha value is -1.57. The van der Waals surface area contributed by atoms with Gasteiger partial charge < -0.3 is 19.6 Å². The maximum absolute atomic E-state index is 11.3. The van der Waals surface area contributed by atoms with Crippen molar-refractivity contribution in [3.63, 3.8) is 0 Å². The minimum absolute atomic E-state index is 0.516. The highest BCUT2D eigenvalue weighted by Crippen LogP contribution is 2.24. The van der Waals surface area contributed by atoms with Crippen LogP contribution >= 0.6 is 15.9 Å². The number of aromatic nitrogens is 1. The number of carbonyl (C=O) groups is 1. The largest absolute Gasteiger partial charge is 0.508 e. The topological polar surface area (TPSA) is 74.8 Å². The molecule has 0 amide bonds. The molecule has 1 aromatic heterocycles. The molecule has 2 N–H and O–H groups in total. The molecule has 1 aliphatic rings. The van der Waals surface area contributed by atoms with Gasteiger partial charge in [-0.05, 0) is 36.6 Å². The van der Waals surface area contributed by atoms with E-state index in [2.05, 4.69) is 42.7 Å². The van der Waals surface area contributed by atoms with Crippen LogP contribution in [0.1, 0.15) is 12.0 Å². The molecule has 0 unspecified atom stereocenters. The minimum atomic E-state index is -0.748. The van der Waals surface area contributed by atoms with Crippen LogP contribution in [0.5, 0.6) is 0 Å². The number of hydrogen-bond acceptors (Lipinski definition) is 5. The number of nitrogens with zero attached hydrogens (tertiary/aromatic N) is 1. The van der Waals surface area contributed by atoms with E-state index >= 15 is 0 Å². The zero-order chi connectivity index (χ0) is 17.1. The van der Waals surface area contributed by atoms with Gasteiger partial charge in [-0.1, -0.05) is 15.9 Å². The van der Waals surface area contributed by atoms with Gasteiger partial charge >= 0.3 is 6.16 Å². The number of H-pyrrole nitrogens is 1. The molecule has 24 heavy (non-hydrogen) atoms. The third-order valence-electron chi connectivity index (χ3n) is 4.45. The molecule has 1 aliphatic heterocycles. The predicted octanol–water partition coefficient (Wildman–Crippen LogP) is 2.69. The number of benzene rings is 1. The number of fused-ring (bicyclic) bond motifs is 1. The summed E-state index contributed by atoms with van der Waals surface area (Å²) in [4.78, 5) is 16.8. The van der Waals surface area contributed by atoms with E-state index in [1.807, 2.05) is 12.3 Å². The average molecular weight is 397 g/mol. The molecule has 1 saturated heterocycles. The van der Waals surface area contributed by atoms with Crippen LogP contribution in [0.3, 0.4) is 0 Å². The summed E-state index contributed by atoms with van der Waals surface area (Å²) in [5.74, 6) is 0. The molecule has 130 valence electrons. The van der Waals surface area contributed by atoms with Crippen molar-refractivity contribution in [2.75, 3.05) is 26.7 Å². The summed E-state index contributed by atoms with van der Waals surface area (Å²) in [6, 6.07) is 6.19. The third-order valence-corrected chi connectivity index (χ3v) is 4.94. The molecule has 0 aliphatic carbocycles. The van der Waals surface area contributed by atoms with Crippen molar-refractivity contribution in [3.05, 3.63) is 34.4 Å². The molecule has 1 fully saturated rings. The van der Waals surface area contributed by atoms with Crippen molar-refractivity contribution >= 4 is 33.0 Å². The SMILES string of the molecule is COC(=O)O[C@H]1CN(CCc2c[nH]c3ccc(Br)cc23)CC[C@H]1O. The lowest BCUT2D eigenvalue weighted by molar-refractivity contribution is -0.0639. The highest BCUT2D eigenvalue weighted by Gasteiger charge is 2.31. The molecule has 2 atom stereocenters. The summed E-state index contributed by atoms with van der Waals surface area (Å²) in [7, 11) is 1.27. The highest BCUT2D eigenvalue weighted by atomic mass is 79.9. The minimum Gasteiger partial charge on any atom is -0.438 e. The first kappa shape index (κ1) is 17.3. The number of carbonyl (C=O) groups excluding carboxylic acids is 1. The Morgan fingerprint density at radius 2 is 2.33 bits per heavy atom. The van der Waals surface area contributed by atoms with E-state index in [1.165, 1.54) is 18.1 Å². The zero-order valence-corrected chi connectivity index (χ0v) is 15.1. The van der Waals surface area contributed by atoms with Crippen LogP contribution in [0.25, 0.3) is 10.9 Å². The monoisotopic (exact) mass is 396 g/mol. The predicted molar refractivity (Wildman–Crippen MR) is 94.0 cm³/mol. The number of methoxy groups -OCH3 is 1. The first-order chi connectivity index (χ1) is 11.6. The summed E-state index contributed by atoms with van der Waals surface area (Å²) < 4.78 is 10.7. The van der Waals surface area contributed by atoms with E-state index in [-0.39, 0.29) is 0 Å². The number of rotatable bonds is 4. The van der Waals surface area contributed by atoms with E-state index in [9.17, 15) is 9.90 Å². The maximum Gasteiger partial charge on any atom is 0.508 e. The van der Waals surface area contributed by atoms with Gasteiger partial charge in [-0.25, -0.2) is 4.79 Å². The quantitative estimate of drug-likeness (QED) is 0.777. The number of aromatic amines is 1. The van der Waals surface area contributed by atoms with Gasteiger partial charge in [-0.15, -0.1) is 0 Å². The van der Waals surface area contributed by atoms with Crippen LogP contribution < -0.4 is 0 Å². The van der Waals surface area contributed by atoms with Crippen LogP contribution in [0.15, 0.2) is 28.9 Å². The van der Waals surface area contributed by atoms with Gasteiger partial charge in [-0.2, -0.15) is 0 Å². The van der Waals surface area contributed by atoms with Gasteiger partial charge in [0.25, 0.3) is 0 Å². The van der Waals surface area contributed by atoms with Crippen LogP contribution in [-0.4, -0.2) is 60.1 Å². The summed E-state index contributed by atoms with van der Waals surface area (Å²) in [6.07, 6.45) is 1.59. The number of hydrogen-bond donors (Lipinski definition) is 2. The van der Waals surface area contributed by atoms with Crippen molar-refractivity contribution in [1.29, 1.82) is 0 Å². The molecule has 0 saturated carbocycles. The van der Waals surface area contributed by atoms with Crippen LogP contribution in [0.2, 0.25) is 0 Å². The van der Waals surface area contributed by atoms with Gasteiger partial charge in [0.05, 0.1) is 13.2 Å². The zero-order valence-electron chi connectivity index (χ0n) is 13.5. The standard InChI is InChI=1S/C17H21BrN2O4/c1-23-17(22)24-16-10-20(7-5-15(16)21)6-4-11-9-19-14-3-2-12(18)8-13(11)14/h2-3,8-9,15-16,19,21H,4-7,10H2,1H3/t15-,16+/m1/s1. The number of likely N-dealkylation sites (tertiary alicyclic amines) is 1. The van der Waals surface area contributed by atoms with Crippen molar-refractivity contribution in [2.45, 2.75) is 25.0 Å². The first-order valence-electron chi connectivity index (χ1n) is 7.97. The molecule has 0 spiro atoms. The Bertz CT molecular complexity index is 718. The molecule has 3 rings (SSSR count). The normalized spacial score (nSPS) is 21.8. The van der Waals surface area contributed by atoms with Gasteiger partial charge in [-0.3, -0.25) is 4.90 Å². The fraction of sp³-hybridized carbons (Fsp3) is 0.471. The molecular weight excluding hydrogens is 376 g/mol. The first-order valence-corrected chi connectivity index (χ1v) is 8.76. The van der Waals surface area contributed by atoms with Gasteiger partial charge in [0, 0.05) is 41.2 Å². The highest BCUT2D eigenvalue weighted by molar-refractivity contribution is 9.10. The molecule has 0 bridgehead atoms. The number of nitrogens with one attached hydrogen (secondary N) is 1. The van der Waals surface area contributed by atoms with Crippen molar-refractivity contribution in [1.82, 2.24) is 9.88 Å². The number of aliphatic hydroxyl groups is 1. The van der Waals surface area contributed by atoms with Crippen LogP contribution in [-0.2, 0) is 15.9 Å². The second-order valence-corrected chi connectivity index (χ2v) is 6.94. The Kier molecular flexibility index (Phi) is 5.43. The molecule has 6 nitrogen and oxygen atoms in total. The molecule has 0 radical (unpaired) electrons. The second-order valence-electron chi connectivity index (χ2n) is 6.02. The van der Waals surface area contributed by atoms with Crippen molar-refractivity contribution in [2.24, 2.45) is 0 Å². The van der Waals surface area contributed by atoms with Crippen molar-refractivity contribution in [3.8, 4) is 0 Å². The maximum atomic E-state index is 11.3. The Balaban J connectivity index is 1.61. The fourth-order valence-electron chi connectivity index (χ4n) is 3.09. The molecular formula is C17H21BrN2O4. The number of ether oxygens (including phenoxy) is 2. The van der Waals surface area contributed by atoms with Crippen LogP contribution in [0.4, 0.5) is 4.79 Å². The lowest BCUT2D eigenvalue weighted by Crippen LogP contribution is -2.49. The molecule has 7 heteroatoms. The summed E-state index contributed by atoms with van der Waals surface area (Å²) in [5.41, 5.74) is 2.37. The average Bonchev–Trinajstić information content (AvgIpc) is 2.97. The fourth-order valence-corrected chi connectivity index (χ4v) is 3.46. The van der Waals surface area contributed by atoms with Gasteiger partial charge in [0.1, 0.15) is 6.10 Å². The van der Waals surface area contributed by atoms with Crippen LogP contribution in [0, 0.1) is 0 Å². The van der Waals surface area contributed by atoms with Gasteiger partial charge in [0.15, 0.2) is 0 Å². The number of halogens is 1. The lowest BCUT2D eigenvalue weighted by Gasteiger charge is -2.35. The number of aliphatic hydroxyl groups excluding tert-OH is 1. The molecule has 1 aromatic carbocycles. The summed E-state index contributed by atoms with van der Waals surface area (Å²) in [6.45, 7) is 2.14. The van der Waals surface area contributed by atoms with E-state index in [0.717, 1.165) is 29.5 Å². The number of piperidine rings is 1. The van der Waals surface area contributed by atoms with Gasteiger partial charge in [0.2, 0.25) is 0 Å². The van der Waals surface area contributed by atoms with E-state index in [0.29, 0.717) is 13.0 Å². The summed E-state index contributed by atoms with van der Waals surface area (Å²) >= 11 is 3.51. The smallest absolute Gasteiger partial charge is 0.438 e. The van der Waals surface area contributed by atoms with E-state index in [4.69, 9.17) is 4.74 Å². The van der Waals surface area contributed by atoms with Crippen molar-refractivity contribution < 1.29 is 19.4 Å². The van der Waals surface area contributed by atoms with E-state index in [1.54, 1.807) is 0 Å². The lowest BCUT2D eigenvalue weighted by atomic mass is 10.0. The Labute approximate surface area is 148 Å². The van der Waals surface area contributed by atoms with E-state index < -0.39 is 18.4 Å². The Morgan fingerprint density at radius 3 is 3.12 bits per heavy atom. The third kappa shape index (κ3) is 3.91. The molecule has 2 aromatic rings. The molecule has 2 heterocycles. The summed E-state index contributed by atoms with van der Waals surface area (Å²) in [5, 5.41) is 11.2. The Morgan fingerprint density at radius 1 is 1.50 bits per heavy atom. The second kappa shape index (κ2) is 7.55.